The number of nitrogens with zero attached hydrogens (tertiary/aromatic N) is 3. The number of carbonyl (C=O) groups is 3. The minimum Gasteiger partial charge on any atom is -0.497 e. The summed E-state index contributed by atoms with van der Waals surface area (Å²) < 4.78 is 5.22. The van der Waals surface area contributed by atoms with E-state index in [0.717, 1.165) is 5.56 Å². The maximum Gasteiger partial charge on any atom is 0.322 e. The molecule has 2 atom stereocenters. The van der Waals surface area contributed by atoms with Crippen molar-refractivity contribution in [3.8, 4) is 5.75 Å². The van der Waals surface area contributed by atoms with Gasteiger partial charge in [-0.1, -0.05) is 26.0 Å². The molecule has 4 amide bonds. The molecular formula is C23H32N4O4. The molecule has 2 aliphatic heterocycles. The standard InChI is InChI=1S/C23H32N4O4/c1-7-25(4)21(28)17(12-14(2)3)27-13-18-19(22(27)29)20(24-23(30)26(18)5)15-8-10-16(31-6)11-9-15/h8-11,14,17,20H,7,12-13H2,1-6H3,(H,24,30). The Hall–Kier alpha value is -3.03. The van der Waals surface area contributed by atoms with Crippen molar-refractivity contribution in [3.63, 3.8) is 0 Å². The number of nitrogens with one attached hydrogen (secondary N) is 1. The van der Waals surface area contributed by atoms with Gasteiger partial charge in [0.25, 0.3) is 5.91 Å². The lowest BCUT2D eigenvalue weighted by molar-refractivity contribution is -0.142. The monoisotopic (exact) mass is 428 g/mol. The molecule has 2 aliphatic rings. The van der Waals surface area contributed by atoms with Gasteiger partial charge in [-0.05, 0) is 37.0 Å². The number of hydrogen-bond donors (Lipinski definition) is 1. The Morgan fingerprint density at radius 2 is 1.90 bits per heavy atom. The van der Waals surface area contributed by atoms with E-state index < -0.39 is 12.1 Å². The predicted molar refractivity (Wildman–Crippen MR) is 117 cm³/mol. The fourth-order valence-electron chi connectivity index (χ4n) is 4.10. The Labute approximate surface area is 183 Å². The van der Waals surface area contributed by atoms with Crippen LogP contribution in [0.3, 0.4) is 0 Å². The number of ether oxygens (including phenoxy) is 1. The lowest BCUT2D eigenvalue weighted by Crippen LogP contribution is -2.49. The van der Waals surface area contributed by atoms with Crippen LogP contribution in [0, 0.1) is 5.92 Å². The van der Waals surface area contributed by atoms with E-state index in [4.69, 9.17) is 4.74 Å². The van der Waals surface area contributed by atoms with Gasteiger partial charge >= 0.3 is 6.03 Å². The van der Waals surface area contributed by atoms with Crippen molar-refractivity contribution in [1.82, 2.24) is 20.0 Å². The first-order valence-corrected chi connectivity index (χ1v) is 10.7. The van der Waals surface area contributed by atoms with Gasteiger partial charge in [0.15, 0.2) is 0 Å². The van der Waals surface area contributed by atoms with Gasteiger partial charge in [-0.3, -0.25) is 14.5 Å². The second-order valence-electron chi connectivity index (χ2n) is 8.51. The second kappa shape index (κ2) is 8.99. The number of rotatable bonds is 7. The van der Waals surface area contributed by atoms with Crippen LogP contribution in [0.25, 0.3) is 0 Å². The molecule has 31 heavy (non-hydrogen) atoms. The molecule has 8 nitrogen and oxygen atoms in total. The quantitative estimate of drug-likeness (QED) is 0.723. The summed E-state index contributed by atoms with van der Waals surface area (Å²) in [7, 11) is 4.99. The number of carbonyl (C=O) groups excluding carboxylic acids is 3. The Bertz CT molecular complexity index is 893. The van der Waals surface area contributed by atoms with Crippen molar-refractivity contribution in [3.05, 3.63) is 41.1 Å². The molecule has 1 aromatic rings. The van der Waals surface area contributed by atoms with Crippen LogP contribution >= 0.6 is 0 Å². The third-order valence-corrected chi connectivity index (χ3v) is 6.04. The summed E-state index contributed by atoms with van der Waals surface area (Å²) in [5, 5.41) is 2.93. The minimum absolute atomic E-state index is 0.0765. The molecule has 3 rings (SSSR count). The van der Waals surface area contributed by atoms with E-state index in [1.807, 2.05) is 32.9 Å². The lowest BCUT2D eigenvalue weighted by Gasteiger charge is -2.32. The fourth-order valence-corrected chi connectivity index (χ4v) is 4.10. The third-order valence-electron chi connectivity index (χ3n) is 6.04. The third kappa shape index (κ3) is 4.24. The molecule has 0 aromatic heterocycles. The van der Waals surface area contributed by atoms with Crippen LogP contribution in [0.15, 0.2) is 35.5 Å². The normalized spacial score (nSPS) is 19.5. The molecule has 0 aliphatic carbocycles. The molecular weight excluding hydrogens is 396 g/mol. The molecule has 0 radical (unpaired) electrons. The number of hydrogen-bond acceptors (Lipinski definition) is 4. The highest BCUT2D eigenvalue weighted by molar-refractivity contribution is 6.03. The van der Waals surface area contributed by atoms with Crippen LogP contribution in [0.5, 0.6) is 5.75 Å². The highest BCUT2D eigenvalue weighted by atomic mass is 16.5. The average molecular weight is 429 g/mol. The highest BCUT2D eigenvalue weighted by Gasteiger charge is 2.46. The molecule has 0 saturated carbocycles. The molecule has 0 bridgehead atoms. The van der Waals surface area contributed by atoms with E-state index in [0.29, 0.717) is 30.0 Å². The predicted octanol–water partition coefficient (Wildman–Crippen LogP) is 2.38. The smallest absolute Gasteiger partial charge is 0.322 e. The van der Waals surface area contributed by atoms with Crippen LogP contribution in [0.1, 0.15) is 38.8 Å². The van der Waals surface area contributed by atoms with Gasteiger partial charge in [0.1, 0.15) is 11.8 Å². The lowest BCUT2D eigenvalue weighted by atomic mass is 9.95. The van der Waals surface area contributed by atoms with Crippen LogP contribution in [-0.2, 0) is 9.59 Å². The summed E-state index contributed by atoms with van der Waals surface area (Å²) in [6.45, 7) is 6.80. The molecule has 2 heterocycles. The molecule has 0 fully saturated rings. The van der Waals surface area contributed by atoms with Crippen LogP contribution in [0.4, 0.5) is 4.79 Å². The van der Waals surface area contributed by atoms with Gasteiger partial charge in [-0.15, -0.1) is 0 Å². The van der Waals surface area contributed by atoms with Gasteiger partial charge in [-0.25, -0.2) is 4.79 Å². The van der Waals surface area contributed by atoms with Gasteiger partial charge in [0.2, 0.25) is 5.91 Å². The van der Waals surface area contributed by atoms with Gasteiger partial charge in [0, 0.05) is 20.6 Å². The van der Waals surface area contributed by atoms with E-state index in [2.05, 4.69) is 5.32 Å². The van der Waals surface area contributed by atoms with Crippen LogP contribution in [0.2, 0.25) is 0 Å². The number of amides is 4. The van der Waals surface area contributed by atoms with Crippen LogP contribution in [-0.4, -0.2) is 72.9 Å². The minimum atomic E-state index is -0.569. The molecule has 1 N–H and O–H groups in total. The van der Waals surface area contributed by atoms with Crippen molar-refractivity contribution in [1.29, 1.82) is 0 Å². The molecule has 0 spiro atoms. The number of urea groups is 1. The second-order valence-corrected chi connectivity index (χ2v) is 8.51. The topological polar surface area (TPSA) is 82.2 Å². The molecule has 1 aromatic carbocycles. The van der Waals surface area contributed by atoms with Crippen molar-refractivity contribution in [2.45, 2.75) is 39.3 Å². The number of methoxy groups -OCH3 is 1. The number of likely N-dealkylation sites (N-methyl/N-ethyl adjacent to an activating group) is 2. The van der Waals surface area contributed by atoms with E-state index in [9.17, 15) is 14.4 Å². The summed E-state index contributed by atoms with van der Waals surface area (Å²) in [4.78, 5) is 44.2. The summed E-state index contributed by atoms with van der Waals surface area (Å²) in [5.74, 6) is 0.653. The molecule has 2 unspecified atom stereocenters. The Morgan fingerprint density at radius 3 is 2.45 bits per heavy atom. The fraction of sp³-hybridized carbons (Fsp3) is 0.522. The largest absolute Gasteiger partial charge is 0.497 e. The van der Waals surface area contributed by atoms with Crippen molar-refractivity contribution in [2.24, 2.45) is 5.92 Å². The first-order chi connectivity index (χ1) is 14.7. The SMILES string of the molecule is CCN(C)C(=O)C(CC(C)C)N1CC2=C(C1=O)C(c1ccc(OC)cc1)NC(=O)N2C. The van der Waals surface area contributed by atoms with Gasteiger partial charge in [-0.2, -0.15) is 0 Å². The first-order valence-electron chi connectivity index (χ1n) is 10.7. The summed E-state index contributed by atoms with van der Waals surface area (Å²) >= 11 is 0. The maximum atomic E-state index is 13.6. The zero-order valence-electron chi connectivity index (χ0n) is 19.1. The first kappa shape index (κ1) is 22.7. The number of benzene rings is 1. The Kier molecular flexibility index (Phi) is 6.57. The summed E-state index contributed by atoms with van der Waals surface area (Å²) in [6, 6.07) is 5.89. The van der Waals surface area contributed by atoms with Crippen molar-refractivity contribution in [2.75, 3.05) is 34.3 Å². The van der Waals surface area contributed by atoms with Crippen LogP contribution < -0.4 is 10.1 Å². The zero-order valence-corrected chi connectivity index (χ0v) is 19.1. The Morgan fingerprint density at radius 1 is 1.26 bits per heavy atom. The van der Waals surface area contributed by atoms with Crippen molar-refractivity contribution < 1.29 is 19.1 Å². The van der Waals surface area contributed by atoms with Crippen molar-refractivity contribution >= 4 is 17.8 Å². The van der Waals surface area contributed by atoms with E-state index in [-0.39, 0.29) is 30.3 Å². The summed E-state index contributed by atoms with van der Waals surface area (Å²) in [6.07, 6.45) is 0.563. The van der Waals surface area contributed by atoms with Gasteiger partial charge < -0.3 is 19.9 Å². The highest BCUT2D eigenvalue weighted by Crippen LogP contribution is 2.37. The molecule has 0 saturated heterocycles. The van der Waals surface area contributed by atoms with Gasteiger partial charge in [0.05, 0.1) is 31.0 Å². The zero-order chi connectivity index (χ0) is 22.9. The molecule has 8 heteroatoms. The molecule has 168 valence electrons. The Balaban J connectivity index is 1.98. The van der Waals surface area contributed by atoms with E-state index >= 15 is 0 Å². The maximum absolute atomic E-state index is 13.6. The average Bonchev–Trinajstić information content (AvgIpc) is 3.10. The summed E-state index contributed by atoms with van der Waals surface area (Å²) in [5.41, 5.74) is 1.96. The van der Waals surface area contributed by atoms with E-state index in [1.165, 1.54) is 4.90 Å². The van der Waals surface area contributed by atoms with E-state index in [1.54, 1.807) is 43.1 Å².